The third-order valence-corrected chi connectivity index (χ3v) is 9.39. The molecule has 0 bridgehead atoms. The molecule has 2 N–H and O–H groups in total. The smallest absolute Gasteiger partial charge is 0.223 e. The van der Waals surface area contributed by atoms with Gasteiger partial charge in [-0.3, -0.25) is 8.80 Å². The van der Waals surface area contributed by atoms with E-state index >= 15 is 0 Å². The van der Waals surface area contributed by atoms with Crippen LogP contribution >= 0.6 is 0 Å². The van der Waals surface area contributed by atoms with Gasteiger partial charge in [0.1, 0.15) is 0 Å². The predicted octanol–water partition coefficient (Wildman–Crippen LogP) is 9.86. The van der Waals surface area contributed by atoms with E-state index in [0.717, 1.165) is 72.7 Å². The van der Waals surface area contributed by atoms with Crippen molar-refractivity contribution in [3.8, 4) is 27.9 Å². The fourth-order valence-corrected chi connectivity index (χ4v) is 7.05. The van der Waals surface area contributed by atoms with Gasteiger partial charge in [-0.1, -0.05) is 84.9 Å². The lowest BCUT2D eigenvalue weighted by Crippen LogP contribution is -2.02. The van der Waals surface area contributed by atoms with Crippen LogP contribution in [0, 0.1) is 0 Å². The molecule has 0 atom stereocenters. The quantitative estimate of drug-likeness (QED) is 0.201. The van der Waals surface area contributed by atoms with Crippen LogP contribution in [0.2, 0.25) is 0 Å². The summed E-state index contributed by atoms with van der Waals surface area (Å²) in [7, 11) is 0. The van der Waals surface area contributed by atoms with Gasteiger partial charge >= 0.3 is 0 Å². The van der Waals surface area contributed by atoms with Crippen molar-refractivity contribution in [3.63, 3.8) is 0 Å². The van der Waals surface area contributed by atoms with Gasteiger partial charge in [0.05, 0.1) is 38.8 Å². The molecule has 0 spiro atoms. The van der Waals surface area contributed by atoms with Gasteiger partial charge in [-0.25, -0.2) is 14.5 Å². The summed E-state index contributed by atoms with van der Waals surface area (Å²) in [6, 6.07) is 55.2. The Balaban J connectivity index is 1.17. The van der Waals surface area contributed by atoms with Crippen LogP contribution in [-0.4, -0.2) is 23.3 Å². The predicted molar refractivity (Wildman–Crippen MR) is 197 cm³/mol. The second-order valence-corrected chi connectivity index (χ2v) is 12.2. The zero-order chi connectivity index (χ0) is 31.8. The topological polar surface area (TPSA) is 65.5 Å². The Hall–Kier alpha value is -6.66. The molecule has 0 aliphatic carbocycles. The summed E-state index contributed by atoms with van der Waals surface area (Å²) in [5.74, 6) is 1.60. The summed E-state index contributed by atoms with van der Waals surface area (Å²) < 4.78 is 6.69. The van der Waals surface area contributed by atoms with E-state index in [-0.39, 0.29) is 0 Å². The van der Waals surface area contributed by atoms with E-state index in [2.05, 4.69) is 147 Å². The summed E-state index contributed by atoms with van der Waals surface area (Å²) in [4.78, 5) is 10.4. The van der Waals surface area contributed by atoms with Gasteiger partial charge in [-0.2, -0.15) is 0 Å². The average Bonchev–Trinajstić information content (AvgIpc) is 3.68. The van der Waals surface area contributed by atoms with Crippen LogP contribution in [-0.2, 0) is 0 Å². The molecule has 7 aromatic carbocycles. The van der Waals surface area contributed by atoms with E-state index in [1.165, 1.54) is 16.3 Å². The summed E-state index contributed by atoms with van der Waals surface area (Å²) in [5.41, 5.74) is 18.4. The summed E-state index contributed by atoms with van der Waals surface area (Å²) in [5, 5.41) is 2.40. The average molecular weight is 617 g/mol. The standard InChI is InChI=1S/C42H28N6/c43-33-21-17-27(18-22-33)29-13-15-32-26-30(14-16-31(32)25-29)28-19-23-34(24-20-28)46-41-44-35-7-1-3-9-37(35)47(41)39-11-5-6-12-40(39)48-38-10-4-2-8-36(38)45-42(46)48/h1-26H,43H2. The Morgan fingerprint density at radius 3 is 1.31 bits per heavy atom. The highest BCUT2D eigenvalue weighted by atomic mass is 15.3. The maximum atomic E-state index is 5.91. The van der Waals surface area contributed by atoms with Gasteiger partial charge in [0.15, 0.2) is 0 Å². The summed E-state index contributed by atoms with van der Waals surface area (Å²) in [6.07, 6.45) is 0. The molecule has 0 saturated carbocycles. The maximum absolute atomic E-state index is 5.91. The molecule has 3 heterocycles. The van der Waals surface area contributed by atoms with E-state index in [9.17, 15) is 0 Å². The molecule has 6 heteroatoms. The first-order valence-corrected chi connectivity index (χ1v) is 16.0. The van der Waals surface area contributed by atoms with Crippen molar-refractivity contribution in [1.29, 1.82) is 0 Å². The molecule has 0 aliphatic rings. The number of hydrogen-bond donors (Lipinski definition) is 1. The number of rotatable bonds is 3. The van der Waals surface area contributed by atoms with Crippen molar-refractivity contribution in [2.24, 2.45) is 0 Å². The fraction of sp³-hybridized carbons (Fsp3) is 0. The molecular formula is C42H28N6. The lowest BCUT2D eigenvalue weighted by atomic mass is 9.97. The number of nitrogen functional groups attached to an aromatic ring is 1. The highest BCUT2D eigenvalue weighted by Gasteiger charge is 2.18. The first-order valence-electron chi connectivity index (χ1n) is 16.0. The third-order valence-electron chi connectivity index (χ3n) is 9.39. The summed E-state index contributed by atoms with van der Waals surface area (Å²) >= 11 is 0. The number of fused-ring (bicyclic) bond motifs is 10. The number of anilines is 1. The Kier molecular flexibility index (Phi) is 5.63. The van der Waals surface area contributed by atoms with E-state index in [4.69, 9.17) is 15.7 Å². The normalized spacial score (nSPS) is 11.8. The van der Waals surface area contributed by atoms with Gasteiger partial charge in [0, 0.05) is 5.69 Å². The number of nitrogens with zero attached hydrogens (tertiary/aromatic N) is 5. The van der Waals surface area contributed by atoms with Crippen molar-refractivity contribution in [2.45, 2.75) is 0 Å². The highest BCUT2D eigenvalue weighted by Crippen LogP contribution is 2.32. The van der Waals surface area contributed by atoms with Gasteiger partial charge < -0.3 is 5.73 Å². The van der Waals surface area contributed by atoms with Crippen molar-refractivity contribution in [1.82, 2.24) is 23.3 Å². The maximum Gasteiger partial charge on any atom is 0.223 e. The molecule has 0 unspecified atom stereocenters. The lowest BCUT2D eigenvalue weighted by molar-refractivity contribution is 1.03. The van der Waals surface area contributed by atoms with Crippen molar-refractivity contribution >= 4 is 61.1 Å². The van der Waals surface area contributed by atoms with Crippen LogP contribution in [0.4, 0.5) is 5.69 Å². The van der Waals surface area contributed by atoms with Crippen molar-refractivity contribution in [3.05, 3.63) is 158 Å². The SMILES string of the molecule is Nc1ccc(-c2ccc3cc(-c4ccc(-n5c6nc7ccccc7n6c6ccccc6n6c7ccccc7nc56)cc4)ccc3c2)cc1. The number of benzene rings is 7. The van der Waals surface area contributed by atoms with E-state index in [0.29, 0.717) is 0 Å². The highest BCUT2D eigenvalue weighted by molar-refractivity contribution is 5.94. The molecule has 0 saturated heterocycles. The van der Waals surface area contributed by atoms with E-state index in [1.807, 2.05) is 24.3 Å². The summed E-state index contributed by atoms with van der Waals surface area (Å²) in [6.45, 7) is 0. The minimum absolute atomic E-state index is 0.772. The van der Waals surface area contributed by atoms with Gasteiger partial charge in [0.25, 0.3) is 0 Å². The lowest BCUT2D eigenvalue weighted by Gasteiger charge is -2.10. The van der Waals surface area contributed by atoms with E-state index in [1.54, 1.807) is 0 Å². The second-order valence-electron chi connectivity index (χ2n) is 12.2. The zero-order valence-corrected chi connectivity index (χ0v) is 25.8. The minimum Gasteiger partial charge on any atom is -0.399 e. The van der Waals surface area contributed by atoms with E-state index < -0.39 is 0 Å². The number of para-hydroxylation sites is 6. The number of imidazole rings is 2. The molecule has 48 heavy (non-hydrogen) atoms. The van der Waals surface area contributed by atoms with Crippen LogP contribution in [0.15, 0.2) is 158 Å². The minimum atomic E-state index is 0.772. The Morgan fingerprint density at radius 1 is 0.396 bits per heavy atom. The molecule has 10 aromatic rings. The van der Waals surface area contributed by atoms with Crippen LogP contribution < -0.4 is 5.73 Å². The molecule has 10 rings (SSSR count). The molecule has 0 fully saturated rings. The van der Waals surface area contributed by atoms with Crippen molar-refractivity contribution < 1.29 is 0 Å². The molecule has 3 aromatic heterocycles. The van der Waals surface area contributed by atoms with Gasteiger partial charge in [-0.15, -0.1) is 0 Å². The fourth-order valence-electron chi connectivity index (χ4n) is 7.05. The number of hydrogen-bond acceptors (Lipinski definition) is 3. The zero-order valence-electron chi connectivity index (χ0n) is 25.8. The van der Waals surface area contributed by atoms with Crippen LogP contribution in [0.5, 0.6) is 0 Å². The molecular weight excluding hydrogens is 589 g/mol. The van der Waals surface area contributed by atoms with Gasteiger partial charge in [0.2, 0.25) is 11.6 Å². The second kappa shape index (κ2) is 10.2. The molecule has 226 valence electrons. The molecule has 0 radical (unpaired) electrons. The first kappa shape index (κ1) is 26.5. The molecule has 0 amide bonds. The largest absolute Gasteiger partial charge is 0.399 e. The molecule has 6 nitrogen and oxygen atoms in total. The van der Waals surface area contributed by atoms with Crippen molar-refractivity contribution in [2.75, 3.05) is 5.73 Å². The first-order chi connectivity index (χ1) is 23.7. The monoisotopic (exact) mass is 616 g/mol. The third kappa shape index (κ3) is 3.99. The Morgan fingerprint density at radius 2 is 0.812 bits per heavy atom. The van der Waals surface area contributed by atoms with Crippen LogP contribution in [0.25, 0.3) is 83.4 Å². The van der Waals surface area contributed by atoms with Crippen LogP contribution in [0.3, 0.4) is 0 Å². The number of nitrogens with two attached hydrogens (primary N) is 1. The number of aromatic nitrogens is 5. The van der Waals surface area contributed by atoms with Crippen LogP contribution in [0.1, 0.15) is 0 Å². The van der Waals surface area contributed by atoms with Gasteiger partial charge in [-0.05, 0) is 106 Å². The molecule has 0 aliphatic heterocycles. The Bertz CT molecular complexity index is 2780. The Labute approximate surface area is 275 Å².